The van der Waals surface area contributed by atoms with E-state index in [1.54, 1.807) is 12.1 Å². The van der Waals surface area contributed by atoms with Crippen LogP contribution in [0, 0.1) is 5.41 Å². The van der Waals surface area contributed by atoms with Crippen molar-refractivity contribution in [1.29, 1.82) is 0 Å². The number of allylic oxidation sites excluding steroid dienone is 1. The van der Waals surface area contributed by atoms with Crippen LogP contribution in [0.2, 0.25) is 0 Å². The minimum Gasteiger partial charge on any atom is -0.380 e. The molecule has 67 heavy (non-hydrogen) atoms. The van der Waals surface area contributed by atoms with Gasteiger partial charge in [-0.1, -0.05) is 43.2 Å². The summed E-state index contributed by atoms with van der Waals surface area (Å²) in [6.07, 6.45) is 2.19. The second-order valence-electron chi connectivity index (χ2n) is 18.1. The number of carbonyl (C=O) groups is 1. The number of likely N-dealkylation sites (N-methyl/N-ethyl adjacent to an activating group) is 1. The molecule has 0 spiro atoms. The van der Waals surface area contributed by atoms with Crippen molar-refractivity contribution >= 4 is 48.9 Å². The molecule has 3 aromatic rings. The van der Waals surface area contributed by atoms with Crippen LogP contribution in [0.15, 0.2) is 112 Å². The van der Waals surface area contributed by atoms with Crippen LogP contribution in [-0.4, -0.2) is 134 Å². The number of halogens is 5. The molecule has 2 aliphatic heterocycles. The van der Waals surface area contributed by atoms with Crippen LogP contribution in [-0.2, 0) is 19.9 Å². The van der Waals surface area contributed by atoms with E-state index in [2.05, 4.69) is 51.9 Å². The van der Waals surface area contributed by atoms with E-state index in [0.717, 1.165) is 87.8 Å². The molecule has 19 heteroatoms. The summed E-state index contributed by atoms with van der Waals surface area (Å²) in [5.41, 5.74) is -2.54. The maximum absolute atomic E-state index is 14.2. The van der Waals surface area contributed by atoms with Crippen LogP contribution >= 0.6 is 11.8 Å². The average Bonchev–Trinajstić information content (AvgIpc) is 3.29. The first-order chi connectivity index (χ1) is 31.7. The fraction of sp³-hybridized carbons (Fsp3) is 0.521. The molecule has 3 aromatic carbocycles. The Labute approximate surface area is 398 Å². The number of sulfone groups is 1. The molecule has 6 rings (SSSR count). The van der Waals surface area contributed by atoms with Crippen LogP contribution < -0.4 is 14.9 Å². The Morgan fingerprint density at radius 3 is 2.10 bits per heavy atom. The summed E-state index contributed by atoms with van der Waals surface area (Å²) in [5.74, 6) is -0.666. The molecule has 2 heterocycles. The van der Waals surface area contributed by atoms with Crippen LogP contribution in [0.25, 0.3) is 0 Å². The Balaban J connectivity index is 0.00000414. The molecule has 0 aromatic heterocycles. The van der Waals surface area contributed by atoms with Gasteiger partial charge in [-0.25, -0.2) is 30.3 Å². The number of nitrogens with zero attached hydrogens (tertiary/aromatic N) is 4. The van der Waals surface area contributed by atoms with Gasteiger partial charge in [-0.3, -0.25) is 9.69 Å². The number of rotatable bonds is 19. The van der Waals surface area contributed by atoms with Crippen molar-refractivity contribution in [3.63, 3.8) is 0 Å². The zero-order chi connectivity index (χ0) is 49.0. The van der Waals surface area contributed by atoms with Crippen molar-refractivity contribution in [2.24, 2.45) is 5.41 Å². The zero-order valence-corrected chi connectivity index (χ0v) is 41.1. The summed E-state index contributed by atoms with van der Waals surface area (Å²) in [4.78, 5) is 21.1. The van der Waals surface area contributed by atoms with Gasteiger partial charge in [0.25, 0.3) is 25.8 Å². The van der Waals surface area contributed by atoms with Crippen molar-refractivity contribution in [1.82, 2.24) is 19.4 Å². The van der Waals surface area contributed by atoms with Crippen molar-refractivity contribution in [2.45, 2.75) is 91.5 Å². The Bertz CT molecular complexity index is 2340. The predicted octanol–water partition coefficient (Wildman–Crippen LogP) is 9.18. The Hall–Kier alpha value is -4.01. The van der Waals surface area contributed by atoms with Crippen molar-refractivity contribution in [3.05, 3.63) is 103 Å². The van der Waals surface area contributed by atoms with Gasteiger partial charge in [-0.05, 0) is 106 Å². The fourth-order valence-electron chi connectivity index (χ4n) is 8.56. The molecule has 0 bridgehead atoms. The third kappa shape index (κ3) is 15.5. The van der Waals surface area contributed by atoms with Gasteiger partial charge >= 0.3 is 5.51 Å². The quantitative estimate of drug-likeness (QED) is 0.0680. The number of amides is 1. The molecular formula is C48H65F5N6O5S3. The number of benzene rings is 3. The Morgan fingerprint density at radius 2 is 1.48 bits per heavy atom. The molecule has 11 nitrogen and oxygen atoms in total. The molecule has 2 saturated heterocycles. The lowest BCUT2D eigenvalue weighted by atomic mass is 9.73. The highest BCUT2D eigenvalue weighted by Crippen LogP contribution is 2.41. The number of carbonyl (C=O) groups excluding carboxylic acids is 1. The number of anilines is 2. The zero-order valence-electron chi connectivity index (χ0n) is 38.7. The maximum Gasteiger partial charge on any atom is 0.501 e. The smallest absolute Gasteiger partial charge is 0.380 e. The summed E-state index contributed by atoms with van der Waals surface area (Å²) in [7, 11) is -8.89. The number of nitrogens with one attached hydrogen (secondary N) is 2. The molecule has 2 N–H and O–H groups in total. The molecule has 0 radical (unpaired) electrons. The summed E-state index contributed by atoms with van der Waals surface area (Å²) in [6, 6.07) is 17.6. The van der Waals surface area contributed by atoms with E-state index < -0.39 is 59.2 Å². The summed E-state index contributed by atoms with van der Waals surface area (Å²) in [5, 5.41) is 3.01. The molecule has 1 unspecified atom stereocenters. The number of sulfonamides is 1. The van der Waals surface area contributed by atoms with Gasteiger partial charge in [0.05, 0.1) is 10.6 Å². The van der Waals surface area contributed by atoms with E-state index in [4.69, 9.17) is 0 Å². The van der Waals surface area contributed by atoms with Gasteiger partial charge in [0.15, 0.2) is 0 Å². The lowest BCUT2D eigenvalue weighted by molar-refractivity contribution is -0.0436. The highest BCUT2D eigenvalue weighted by atomic mass is 32.2. The first kappa shape index (κ1) is 53.9. The molecule has 2 fully saturated rings. The van der Waals surface area contributed by atoms with E-state index in [1.807, 2.05) is 42.1 Å². The number of thioether (sulfide) groups is 1. The van der Waals surface area contributed by atoms with Gasteiger partial charge in [-0.2, -0.15) is 13.2 Å². The minimum absolute atomic E-state index is 0.0250. The highest BCUT2D eigenvalue weighted by molar-refractivity contribution is 7.99. The first-order valence-corrected chi connectivity index (χ1v) is 26.6. The summed E-state index contributed by atoms with van der Waals surface area (Å²) < 4.78 is 123. The molecule has 3 aliphatic rings. The Morgan fingerprint density at radius 1 is 0.836 bits per heavy atom. The number of piperazine rings is 2. The maximum atomic E-state index is 14.2. The third-order valence-corrected chi connectivity index (χ3v) is 16.5. The largest absolute Gasteiger partial charge is 0.501 e. The topological polar surface area (TPSA) is 122 Å². The van der Waals surface area contributed by atoms with Gasteiger partial charge in [0, 0.05) is 99.8 Å². The first-order valence-electron chi connectivity index (χ1n) is 22.6. The van der Waals surface area contributed by atoms with Crippen LogP contribution in [0.4, 0.5) is 33.3 Å². The lowest BCUT2D eigenvalue weighted by Gasteiger charge is -2.39. The highest BCUT2D eigenvalue weighted by Gasteiger charge is 2.48. The second kappa shape index (κ2) is 24.0. The Kier molecular flexibility index (Phi) is 19.3. The second-order valence-corrected chi connectivity index (χ2v) is 22.8. The van der Waals surface area contributed by atoms with E-state index in [0.29, 0.717) is 50.7 Å². The van der Waals surface area contributed by atoms with E-state index in [9.17, 15) is 43.6 Å². The molecule has 1 aliphatic carbocycles. The van der Waals surface area contributed by atoms with Gasteiger partial charge in [-0.15, -0.1) is 24.9 Å². The standard InChI is InChI=1S/C46H61F5N6O5S3.C2H4/c1-45(2)20-18-36(35(31-45)8-7-11-43(47)48)32-56-26-28-57(29-27-56)38-14-12-34(13-15-38)44(58)53-65(61,62)40-16-17-41(42(30-40)64(59,60)46(49,50)51)52-37(33-63-39-9-5-4-6-10-39)19-21-55-24-22-54(3)23-25-55;1-2/h4-6,9-10,12-17,30,37,43,52H,7-8,11,18-29,31-33H2,1-3H3,(H,53,58);1-2H2. The van der Waals surface area contributed by atoms with Crippen LogP contribution in [0.3, 0.4) is 0 Å². The van der Waals surface area contributed by atoms with Crippen LogP contribution in [0.1, 0.15) is 69.2 Å². The van der Waals surface area contributed by atoms with Gasteiger partial charge < -0.3 is 20.0 Å². The van der Waals surface area contributed by atoms with E-state index >= 15 is 0 Å². The number of hydrogen-bond acceptors (Lipinski definition) is 11. The van der Waals surface area contributed by atoms with Crippen molar-refractivity contribution in [2.75, 3.05) is 88.5 Å². The van der Waals surface area contributed by atoms with Crippen LogP contribution in [0.5, 0.6) is 0 Å². The van der Waals surface area contributed by atoms with Gasteiger partial charge in [0.1, 0.15) is 4.90 Å². The lowest BCUT2D eigenvalue weighted by Crippen LogP contribution is -2.47. The molecule has 1 amide bonds. The minimum atomic E-state index is -6.06. The van der Waals surface area contributed by atoms with E-state index in [1.165, 1.54) is 35.0 Å². The fourth-order valence-corrected chi connectivity index (χ4v) is 11.6. The predicted molar refractivity (Wildman–Crippen MR) is 258 cm³/mol. The molecule has 370 valence electrons. The molecular weight excluding hydrogens is 932 g/mol. The normalized spacial score (nSPS) is 18.3. The molecule has 0 saturated carbocycles. The monoisotopic (exact) mass is 996 g/mol. The van der Waals surface area contributed by atoms with Crippen molar-refractivity contribution < 1.29 is 43.6 Å². The average molecular weight is 997 g/mol. The van der Waals surface area contributed by atoms with Crippen molar-refractivity contribution in [3.8, 4) is 0 Å². The summed E-state index contributed by atoms with van der Waals surface area (Å²) >= 11 is 1.46. The third-order valence-electron chi connectivity index (χ3n) is 12.5. The van der Waals surface area contributed by atoms with E-state index in [-0.39, 0.29) is 17.4 Å². The SMILES string of the molecule is C=C.CN1CCN(CCC(CSc2ccccc2)Nc2ccc(S(=O)(=O)NC(=O)c3ccc(N4CCN(CC5=C(CCCC(F)F)CC(C)(C)CC5)CC4)cc3)cc2S(=O)(=O)C(F)(F)F)CC1. The van der Waals surface area contributed by atoms with Gasteiger partial charge in [0.2, 0.25) is 6.43 Å². The molecule has 1 atom stereocenters. The number of hydrogen-bond donors (Lipinski definition) is 2. The number of alkyl halides is 5. The summed E-state index contributed by atoms with van der Waals surface area (Å²) in [6.45, 7) is 18.1.